The number of aromatic nitrogens is 2. The van der Waals surface area contributed by atoms with Gasteiger partial charge in [-0.3, -0.25) is 24.1 Å². The first-order valence-electron chi connectivity index (χ1n) is 20.2. The quantitative estimate of drug-likeness (QED) is 0.0229. The second-order valence-corrected chi connectivity index (χ2v) is 14.9. The Hall–Kier alpha value is -5.98. The van der Waals surface area contributed by atoms with Crippen molar-refractivity contribution in [2.45, 2.75) is 72.1 Å². The van der Waals surface area contributed by atoms with E-state index >= 15 is 0 Å². The number of nitrogens with two attached hydrogens (primary N) is 3. The van der Waals surface area contributed by atoms with Gasteiger partial charge in [-0.2, -0.15) is 5.10 Å². The lowest BCUT2D eigenvalue weighted by atomic mass is 10.1. The summed E-state index contributed by atoms with van der Waals surface area (Å²) in [5.74, 6) is 0.370. The van der Waals surface area contributed by atoms with Gasteiger partial charge in [-0.25, -0.2) is 4.79 Å². The number of aryl methyl sites for hydroxylation is 2. The minimum Gasteiger partial charge on any atom is -0.494 e. The van der Waals surface area contributed by atoms with Gasteiger partial charge in [0.25, 0.3) is 0 Å². The number of likely N-dealkylation sites (tertiary alicyclic amines) is 1. The summed E-state index contributed by atoms with van der Waals surface area (Å²) in [6, 6.07) is 8.34. The van der Waals surface area contributed by atoms with E-state index in [9.17, 15) is 19.2 Å². The van der Waals surface area contributed by atoms with Crippen molar-refractivity contribution in [3.8, 4) is 11.5 Å². The van der Waals surface area contributed by atoms with E-state index in [0.717, 1.165) is 63.7 Å². The summed E-state index contributed by atoms with van der Waals surface area (Å²) >= 11 is 0. The highest BCUT2D eigenvalue weighted by Crippen LogP contribution is 2.39. The van der Waals surface area contributed by atoms with Crippen LogP contribution in [0.1, 0.15) is 83.9 Å². The molecule has 18 heteroatoms. The van der Waals surface area contributed by atoms with Crippen LogP contribution in [0.25, 0.3) is 0 Å². The molecule has 1 aromatic heterocycles. The van der Waals surface area contributed by atoms with Crippen molar-refractivity contribution in [1.29, 1.82) is 0 Å². The number of alkyl carbamates (subject to hydrolysis) is 1. The maximum Gasteiger partial charge on any atom is 0.407 e. The third kappa shape index (κ3) is 16.9. The van der Waals surface area contributed by atoms with Crippen LogP contribution in [0.4, 0.5) is 27.5 Å². The van der Waals surface area contributed by atoms with E-state index in [1.807, 2.05) is 58.7 Å². The molecule has 0 bridgehead atoms. The van der Waals surface area contributed by atoms with Gasteiger partial charge < -0.3 is 57.2 Å². The molecule has 0 aliphatic carbocycles. The van der Waals surface area contributed by atoms with Gasteiger partial charge in [-0.05, 0) is 105 Å². The fraction of sp³-hybridized carbons (Fsp3) is 0.488. The molecule has 3 aromatic rings. The highest BCUT2D eigenvalue weighted by molar-refractivity contribution is 5.96. The number of amides is 2. The monoisotopic (exact) mass is 850 g/mol. The molecule has 0 atom stereocenters. The van der Waals surface area contributed by atoms with Crippen molar-refractivity contribution >= 4 is 54.0 Å². The molecule has 0 saturated carbocycles. The number of hydrogen-bond acceptors (Lipinski definition) is 15. The van der Waals surface area contributed by atoms with Crippen molar-refractivity contribution in [2.75, 3.05) is 83.2 Å². The first kappa shape index (κ1) is 51.2. The second-order valence-electron chi connectivity index (χ2n) is 14.9. The van der Waals surface area contributed by atoms with Crippen LogP contribution in [0.3, 0.4) is 0 Å². The molecule has 18 nitrogen and oxygen atoms in total. The molecule has 1 saturated heterocycles. The number of aliphatic imine (C=N–C) groups is 1. The molecule has 336 valence electrons. The number of carbonyl (C=O) groups excluding carboxylic acids is 4. The number of ether oxygens (including phenoxy) is 3. The summed E-state index contributed by atoms with van der Waals surface area (Å²) in [5, 5.41) is 13.5. The Kier molecular flexibility index (Phi) is 22.0. The SMILES string of the molecule is C=Nc1cc(C(N)=O)cc(OC)c1N(C/C=C/CNc1c(N)cc(C=O)cc1OCCCN1CCC(NC(=O)OC(C)(C)C)CC1)CNC.CCn1nc(C)cc1C=O.CN. The number of nitrogens with zero attached hydrogens (tertiary/aromatic N) is 5. The molecule has 9 N–H and O–H groups in total. The first-order valence-corrected chi connectivity index (χ1v) is 20.2. The van der Waals surface area contributed by atoms with Gasteiger partial charge in [0.2, 0.25) is 5.91 Å². The number of aldehydes is 2. The van der Waals surface area contributed by atoms with Crippen LogP contribution in [-0.2, 0) is 11.3 Å². The van der Waals surface area contributed by atoms with Crippen LogP contribution >= 0.6 is 0 Å². The van der Waals surface area contributed by atoms with Crippen molar-refractivity contribution < 1.29 is 33.4 Å². The molecule has 0 radical (unpaired) electrons. The van der Waals surface area contributed by atoms with Gasteiger partial charge in [0.1, 0.15) is 40.5 Å². The minimum absolute atomic E-state index is 0.102. The topological polar surface area (TPSA) is 247 Å². The maximum atomic E-state index is 12.1. The van der Waals surface area contributed by atoms with Crippen LogP contribution < -0.4 is 47.5 Å². The highest BCUT2D eigenvalue weighted by Gasteiger charge is 2.24. The number of anilines is 3. The normalized spacial score (nSPS) is 12.9. The minimum atomic E-state index is -0.587. The summed E-state index contributed by atoms with van der Waals surface area (Å²) in [6.07, 6.45) is 7.61. The summed E-state index contributed by atoms with van der Waals surface area (Å²) in [4.78, 5) is 54.2. The van der Waals surface area contributed by atoms with Gasteiger partial charge in [0, 0.05) is 56.4 Å². The van der Waals surface area contributed by atoms with Crippen LogP contribution in [0.15, 0.2) is 47.5 Å². The summed E-state index contributed by atoms with van der Waals surface area (Å²) in [5.41, 5.74) is 20.2. The molecule has 0 spiro atoms. The smallest absolute Gasteiger partial charge is 0.407 e. The Morgan fingerprint density at radius 2 is 1.77 bits per heavy atom. The molecule has 61 heavy (non-hydrogen) atoms. The zero-order valence-electron chi connectivity index (χ0n) is 37.1. The Bertz CT molecular complexity index is 1900. The van der Waals surface area contributed by atoms with E-state index in [1.165, 1.54) is 14.2 Å². The van der Waals surface area contributed by atoms with E-state index in [0.29, 0.717) is 71.9 Å². The van der Waals surface area contributed by atoms with Crippen LogP contribution in [0.5, 0.6) is 11.5 Å². The van der Waals surface area contributed by atoms with Crippen LogP contribution in [-0.4, -0.2) is 125 Å². The zero-order valence-corrected chi connectivity index (χ0v) is 37.1. The second kappa shape index (κ2) is 26.3. The van der Waals surface area contributed by atoms with Crippen LogP contribution in [0.2, 0.25) is 0 Å². The van der Waals surface area contributed by atoms with Gasteiger partial charge in [0.05, 0.1) is 37.5 Å². The fourth-order valence-corrected chi connectivity index (χ4v) is 6.39. The number of nitrogen functional groups attached to an aromatic ring is 1. The summed E-state index contributed by atoms with van der Waals surface area (Å²) < 4.78 is 18.8. The predicted octanol–water partition coefficient (Wildman–Crippen LogP) is 4.53. The molecule has 2 heterocycles. The zero-order chi connectivity index (χ0) is 45.5. The van der Waals surface area contributed by atoms with E-state index in [1.54, 1.807) is 35.0 Å². The van der Waals surface area contributed by atoms with Crippen molar-refractivity contribution in [3.05, 3.63) is 65.0 Å². The largest absolute Gasteiger partial charge is 0.494 e. The van der Waals surface area contributed by atoms with Gasteiger partial charge >= 0.3 is 6.09 Å². The molecule has 4 rings (SSSR count). The Morgan fingerprint density at radius 1 is 1.07 bits per heavy atom. The number of hydrogen-bond donors (Lipinski definition) is 6. The lowest BCUT2D eigenvalue weighted by molar-refractivity contribution is 0.0478. The first-order chi connectivity index (χ1) is 29.2. The van der Waals surface area contributed by atoms with E-state index in [4.69, 9.17) is 25.7 Å². The Morgan fingerprint density at radius 3 is 2.33 bits per heavy atom. The number of carbonyl (C=O) groups is 4. The lowest BCUT2D eigenvalue weighted by Gasteiger charge is -2.32. The average Bonchev–Trinajstić information content (AvgIpc) is 3.62. The number of benzene rings is 2. The maximum absolute atomic E-state index is 12.1. The molecule has 1 aliphatic rings. The fourth-order valence-electron chi connectivity index (χ4n) is 6.39. The molecule has 2 amide bonds. The standard InChI is InChI=1S/C35H52N8O6.C7H10N2O.CH5N/c1-35(2,3)49-34(46)41-26-10-15-42(16-11-26)13-9-17-48-29-19-24(22-44)18-27(36)31(29)40-12-7-8-14-43(23-38-4)32-28(39-5)20-25(33(37)45)21-30(32)47-6;1-3-9-7(5-10)4-6(2)8-9;1-2/h7-8,18-22,26,38,40H,5,9-17,23,36H2,1-4,6H3,(H2,37,45)(H,41,46);4-5H,3H2,1-2H3;2H2,1H3/b8-7+;;. The van der Waals surface area contributed by atoms with Gasteiger partial charge in [-0.15, -0.1) is 0 Å². The molecule has 1 fully saturated rings. The number of methoxy groups -OCH3 is 1. The molecule has 0 unspecified atom stereocenters. The third-order valence-corrected chi connectivity index (χ3v) is 9.11. The average molecular weight is 850 g/mol. The number of primary amides is 1. The number of rotatable bonds is 20. The van der Waals surface area contributed by atoms with Crippen molar-refractivity contribution in [2.24, 2.45) is 16.5 Å². The van der Waals surface area contributed by atoms with Crippen molar-refractivity contribution in [3.63, 3.8) is 0 Å². The predicted molar refractivity (Wildman–Crippen MR) is 243 cm³/mol. The van der Waals surface area contributed by atoms with Crippen molar-refractivity contribution in [1.82, 2.24) is 25.3 Å². The van der Waals surface area contributed by atoms with E-state index in [2.05, 4.69) is 43.4 Å². The third-order valence-electron chi connectivity index (χ3n) is 9.11. The Balaban J connectivity index is 0.000000922. The number of piperidine rings is 1. The Labute approximate surface area is 360 Å². The molecule has 2 aromatic carbocycles. The summed E-state index contributed by atoms with van der Waals surface area (Å²) in [6.45, 7) is 18.2. The highest BCUT2D eigenvalue weighted by atomic mass is 16.6. The lowest BCUT2D eigenvalue weighted by Crippen LogP contribution is -2.46. The van der Waals surface area contributed by atoms with Gasteiger partial charge in [0.15, 0.2) is 6.29 Å². The molecule has 1 aliphatic heterocycles. The molecular formula is C43H67N11O7. The number of nitrogens with one attached hydrogen (secondary N) is 3. The van der Waals surface area contributed by atoms with E-state index in [-0.39, 0.29) is 17.7 Å². The molecular weight excluding hydrogens is 783 g/mol. The van der Waals surface area contributed by atoms with E-state index < -0.39 is 11.5 Å². The summed E-state index contributed by atoms with van der Waals surface area (Å²) in [7, 11) is 4.84. The van der Waals surface area contributed by atoms with Gasteiger partial charge in [-0.1, -0.05) is 12.2 Å². The van der Waals surface area contributed by atoms with Crippen LogP contribution in [0, 0.1) is 6.92 Å².